The molecule has 0 saturated carbocycles. The highest BCUT2D eigenvalue weighted by atomic mass is 19.4. The first-order valence-electron chi connectivity index (χ1n) is 9.97. The zero-order valence-electron chi connectivity index (χ0n) is 17.4. The lowest BCUT2D eigenvalue weighted by Gasteiger charge is -2.38. The Morgan fingerprint density at radius 3 is 2.75 bits per heavy atom. The fourth-order valence-electron chi connectivity index (χ4n) is 3.85. The van der Waals surface area contributed by atoms with E-state index in [1.165, 1.54) is 13.0 Å². The lowest BCUT2D eigenvalue weighted by atomic mass is 9.88. The van der Waals surface area contributed by atoms with Crippen molar-refractivity contribution in [3.8, 4) is 5.75 Å². The van der Waals surface area contributed by atoms with Crippen LogP contribution in [0.4, 0.5) is 28.0 Å². The molecule has 0 saturated heterocycles. The summed E-state index contributed by atoms with van der Waals surface area (Å²) in [5.74, 6) is -0.0941. The molecule has 0 fully saturated rings. The third-order valence-corrected chi connectivity index (χ3v) is 5.45. The molecule has 2 amide bonds. The van der Waals surface area contributed by atoms with Gasteiger partial charge in [0.2, 0.25) is 0 Å². The quantitative estimate of drug-likeness (QED) is 0.489. The van der Waals surface area contributed by atoms with E-state index >= 15 is 0 Å². The van der Waals surface area contributed by atoms with Crippen molar-refractivity contribution in [2.75, 3.05) is 12.0 Å². The lowest BCUT2D eigenvalue weighted by molar-refractivity contribution is -0.137. The fraction of sp³-hybridized carbons (Fsp3) is 0.304. The number of fused-ring (bicyclic) bond motifs is 2. The van der Waals surface area contributed by atoms with Gasteiger partial charge in [-0.05, 0) is 38.1 Å². The molecule has 0 spiro atoms. The molecule has 32 heavy (non-hydrogen) atoms. The van der Waals surface area contributed by atoms with Gasteiger partial charge in [-0.3, -0.25) is 4.98 Å². The average molecular weight is 447 g/mol. The Bertz CT molecular complexity index is 1180. The third-order valence-electron chi connectivity index (χ3n) is 5.45. The van der Waals surface area contributed by atoms with Crippen LogP contribution in [0, 0.1) is 6.92 Å². The highest BCUT2D eigenvalue weighted by molar-refractivity contribution is 6.01. The number of alkyl halides is 4. The van der Waals surface area contributed by atoms with Crippen molar-refractivity contribution in [3.05, 3.63) is 65.5 Å². The first kappa shape index (κ1) is 21.9. The van der Waals surface area contributed by atoms with Crippen molar-refractivity contribution in [2.24, 2.45) is 0 Å². The summed E-state index contributed by atoms with van der Waals surface area (Å²) in [6.45, 7) is 2.38. The normalized spacial score (nSPS) is 20.4. The van der Waals surface area contributed by atoms with Crippen molar-refractivity contribution in [2.45, 2.75) is 38.1 Å². The molecule has 2 atom stereocenters. The van der Waals surface area contributed by atoms with Gasteiger partial charge in [0.1, 0.15) is 18.0 Å². The Hall–Kier alpha value is -3.36. The van der Waals surface area contributed by atoms with E-state index in [-0.39, 0.29) is 12.2 Å². The molecule has 4 rings (SSSR count). The van der Waals surface area contributed by atoms with E-state index < -0.39 is 36.1 Å². The maximum absolute atomic E-state index is 13.7. The first-order chi connectivity index (χ1) is 15.1. The minimum absolute atomic E-state index is 0.0633. The van der Waals surface area contributed by atoms with Crippen LogP contribution in [0.2, 0.25) is 0 Å². The Morgan fingerprint density at radius 1 is 1.25 bits per heavy atom. The maximum atomic E-state index is 13.7. The number of carbonyl (C=O) groups is 1. The monoisotopic (exact) mass is 447 g/mol. The predicted molar refractivity (Wildman–Crippen MR) is 112 cm³/mol. The summed E-state index contributed by atoms with van der Waals surface area (Å²) in [5, 5.41) is 7.18. The Kier molecular flexibility index (Phi) is 5.44. The van der Waals surface area contributed by atoms with Gasteiger partial charge in [0.25, 0.3) is 0 Å². The van der Waals surface area contributed by atoms with Gasteiger partial charge in [0, 0.05) is 34.6 Å². The SMILES string of the molecule is Cc1cc2c(NC(=O)NC3CC(C)(CF)Oc4cc(C(F)(F)F)ccc43)cccc2cn1. The van der Waals surface area contributed by atoms with Crippen molar-refractivity contribution < 1.29 is 27.1 Å². The van der Waals surface area contributed by atoms with Crippen LogP contribution < -0.4 is 15.4 Å². The number of pyridine rings is 1. The second-order valence-electron chi connectivity index (χ2n) is 8.14. The lowest BCUT2D eigenvalue weighted by Crippen LogP contribution is -2.45. The van der Waals surface area contributed by atoms with E-state index in [4.69, 9.17) is 4.74 Å². The summed E-state index contributed by atoms with van der Waals surface area (Å²) in [6.07, 6.45) is -2.80. The maximum Gasteiger partial charge on any atom is 0.416 e. The van der Waals surface area contributed by atoms with Gasteiger partial charge >= 0.3 is 12.2 Å². The summed E-state index contributed by atoms with van der Waals surface area (Å²) < 4.78 is 58.6. The fourth-order valence-corrected chi connectivity index (χ4v) is 3.85. The molecule has 9 heteroatoms. The number of urea groups is 1. The van der Waals surface area contributed by atoms with Gasteiger partial charge in [-0.25, -0.2) is 9.18 Å². The Morgan fingerprint density at radius 2 is 2.03 bits per heavy atom. The molecule has 2 N–H and O–H groups in total. The van der Waals surface area contributed by atoms with Crippen molar-refractivity contribution in [3.63, 3.8) is 0 Å². The number of hydrogen-bond acceptors (Lipinski definition) is 3. The van der Waals surface area contributed by atoms with Gasteiger partial charge in [-0.1, -0.05) is 18.2 Å². The second-order valence-corrected chi connectivity index (χ2v) is 8.14. The van der Waals surface area contributed by atoms with Gasteiger partial charge < -0.3 is 15.4 Å². The van der Waals surface area contributed by atoms with Crippen LogP contribution in [0.5, 0.6) is 5.75 Å². The number of aryl methyl sites for hydroxylation is 1. The van der Waals surface area contributed by atoms with Crippen molar-refractivity contribution in [1.82, 2.24) is 10.3 Å². The molecule has 1 aromatic heterocycles. The number of anilines is 1. The molecule has 5 nitrogen and oxygen atoms in total. The minimum Gasteiger partial charge on any atom is -0.484 e. The second kappa shape index (κ2) is 7.96. The number of halogens is 4. The number of nitrogens with one attached hydrogen (secondary N) is 2. The van der Waals surface area contributed by atoms with Crippen LogP contribution in [0.1, 0.15) is 36.2 Å². The molecule has 0 aliphatic carbocycles. The third kappa shape index (κ3) is 4.32. The van der Waals surface area contributed by atoms with Crippen LogP contribution in [-0.2, 0) is 6.18 Å². The highest BCUT2D eigenvalue weighted by Crippen LogP contribution is 2.43. The van der Waals surface area contributed by atoms with Gasteiger partial charge in [0.15, 0.2) is 0 Å². The number of carbonyl (C=O) groups excluding carboxylic acids is 1. The number of hydrogen-bond donors (Lipinski definition) is 2. The Labute approximate surface area is 181 Å². The van der Waals surface area contributed by atoms with E-state index in [1.807, 2.05) is 19.1 Å². The summed E-state index contributed by atoms with van der Waals surface area (Å²) in [7, 11) is 0. The number of ether oxygens (including phenoxy) is 1. The molecule has 0 radical (unpaired) electrons. The number of nitrogens with zero attached hydrogens (tertiary/aromatic N) is 1. The van der Waals surface area contributed by atoms with E-state index in [1.54, 1.807) is 18.3 Å². The molecule has 0 bridgehead atoms. The molecule has 2 heterocycles. The number of rotatable bonds is 3. The summed E-state index contributed by atoms with van der Waals surface area (Å²) >= 11 is 0. The Balaban J connectivity index is 1.61. The van der Waals surface area contributed by atoms with Gasteiger partial charge in [-0.2, -0.15) is 13.2 Å². The van der Waals surface area contributed by atoms with Crippen molar-refractivity contribution >= 4 is 22.5 Å². The molecule has 168 valence electrons. The minimum atomic E-state index is -4.57. The number of aromatic nitrogens is 1. The highest BCUT2D eigenvalue weighted by Gasteiger charge is 2.40. The van der Waals surface area contributed by atoms with Crippen LogP contribution in [0.3, 0.4) is 0 Å². The molecule has 2 aromatic carbocycles. The molecular weight excluding hydrogens is 426 g/mol. The van der Waals surface area contributed by atoms with E-state index in [9.17, 15) is 22.4 Å². The molecule has 3 aromatic rings. The molecule has 1 aliphatic rings. The van der Waals surface area contributed by atoms with Crippen LogP contribution in [0.25, 0.3) is 10.8 Å². The van der Waals surface area contributed by atoms with E-state index in [0.717, 1.165) is 28.6 Å². The molecule has 1 aliphatic heterocycles. The first-order valence-corrected chi connectivity index (χ1v) is 9.97. The topological polar surface area (TPSA) is 63.2 Å². The largest absolute Gasteiger partial charge is 0.484 e. The van der Waals surface area contributed by atoms with E-state index in [2.05, 4.69) is 15.6 Å². The van der Waals surface area contributed by atoms with Crippen LogP contribution >= 0.6 is 0 Å². The molecule has 2 unspecified atom stereocenters. The average Bonchev–Trinajstić information content (AvgIpc) is 2.73. The standard InChI is InChI=1S/C23H21F4N3O2/c1-13-8-17-14(11-28-13)4-3-5-18(17)29-21(31)30-19-10-22(2,12-24)32-20-9-15(23(25,26)27)6-7-16(19)20/h3-9,11,19H,10,12H2,1-2H3,(H2,29,30,31). The number of amides is 2. The summed E-state index contributed by atoms with van der Waals surface area (Å²) in [6, 6.07) is 8.94. The zero-order chi connectivity index (χ0) is 23.1. The zero-order valence-corrected chi connectivity index (χ0v) is 17.4. The van der Waals surface area contributed by atoms with Crippen molar-refractivity contribution in [1.29, 1.82) is 0 Å². The van der Waals surface area contributed by atoms with Crippen LogP contribution in [-0.4, -0.2) is 23.3 Å². The van der Waals surface area contributed by atoms with Gasteiger partial charge in [0.05, 0.1) is 17.3 Å². The molecular formula is C23H21F4N3O2. The van der Waals surface area contributed by atoms with Crippen LogP contribution in [0.15, 0.2) is 48.7 Å². The summed E-state index contributed by atoms with van der Waals surface area (Å²) in [4.78, 5) is 17.0. The smallest absolute Gasteiger partial charge is 0.416 e. The summed E-state index contributed by atoms with van der Waals surface area (Å²) in [5.41, 5.74) is -0.570. The predicted octanol–water partition coefficient (Wildman–Crippen LogP) is 5.94. The number of benzene rings is 2. The van der Waals surface area contributed by atoms with E-state index in [0.29, 0.717) is 11.3 Å². The van der Waals surface area contributed by atoms with Gasteiger partial charge in [-0.15, -0.1) is 0 Å².